The number of rotatable bonds is 15. The molecular weight excluding hydrogens is 1800 g/mol. The van der Waals surface area contributed by atoms with Gasteiger partial charge in [-0.3, -0.25) is 0 Å². The molecule has 2 aliphatic carbocycles. The maximum absolute atomic E-state index is 6.69. The SMILES string of the molecule is CC1(C)c2ccccc2-c2ccc(N(c3cc(-c4ccc5ccccc5c4)c4oc5ccccc5c4c3)c3ccccc3-c3ccccc3)cc21.CC1(C)c2ccccc2-c2ccc(N(c3ccccc3)c3cc(-c4ccc5ccccc5c4)c4oc5ccccc5c4c3)cc21.c1ccc(-c2ccc(N(c3ccc(-c4ccc5ccccc5c4)cc3)c3cc(-c4ccc5ccccc5c4)c4oc5ccccc5c4c3)cc2)cc1. The largest absolute Gasteiger partial charge is 0.455 e. The van der Waals surface area contributed by atoms with Crippen molar-refractivity contribution in [3.8, 4) is 89.0 Å². The highest BCUT2D eigenvalue weighted by Crippen LogP contribution is 2.56. The van der Waals surface area contributed by atoms with Crippen LogP contribution in [0.5, 0.6) is 0 Å². The number of nitrogens with zero attached hydrogens (tertiary/aromatic N) is 3. The molecule has 0 fully saturated rings. The first-order valence-corrected chi connectivity index (χ1v) is 51.0. The van der Waals surface area contributed by atoms with Gasteiger partial charge in [-0.25, -0.2) is 0 Å². The van der Waals surface area contributed by atoms with Crippen molar-refractivity contribution in [2.75, 3.05) is 14.7 Å². The Balaban J connectivity index is 0.000000110. The molecule has 29 rings (SSSR count). The van der Waals surface area contributed by atoms with Crippen molar-refractivity contribution in [1.82, 2.24) is 0 Å². The molecule has 2 aliphatic rings. The minimum Gasteiger partial charge on any atom is -0.455 e. The molecule has 6 heteroatoms. The fourth-order valence-corrected chi connectivity index (χ4v) is 23.2. The number of hydrogen-bond acceptors (Lipinski definition) is 6. The van der Waals surface area contributed by atoms with Gasteiger partial charge >= 0.3 is 0 Å². The van der Waals surface area contributed by atoms with E-state index in [1.54, 1.807) is 0 Å². The molecule has 0 N–H and O–H groups in total. The van der Waals surface area contributed by atoms with Gasteiger partial charge in [-0.15, -0.1) is 0 Å². The molecule has 700 valence electrons. The number of anilines is 9. The van der Waals surface area contributed by atoms with E-state index in [9.17, 15) is 0 Å². The average molecular weight is 1900 g/mol. The normalized spacial score (nSPS) is 12.6. The molecular formula is C142H99N3O3. The average Bonchev–Trinajstić information content (AvgIpc) is 1.55. The third kappa shape index (κ3) is 15.5. The van der Waals surface area contributed by atoms with Gasteiger partial charge in [-0.1, -0.05) is 410 Å². The van der Waals surface area contributed by atoms with Gasteiger partial charge in [0.2, 0.25) is 0 Å². The second kappa shape index (κ2) is 36.2. The van der Waals surface area contributed by atoms with Crippen molar-refractivity contribution >= 4 is 160 Å². The minimum atomic E-state index is -0.131. The molecule has 24 aromatic carbocycles. The van der Waals surface area contributed by atoms with Crippen molar-refractivity contribution in [3.63, 3.8) is 0 Å². The van der Waals surface area contributed by atoms with Crippen molar-refractivity contribution in [2.24, 2.45) is 0 Å². The Hall–Kier alpha value is -18.9. The summed E-state index contributed by atoms with van der Waals surface area (Å²) >= 11 is 0. The molecule has 0 unspecified atom stereocenters. The first-order valence-electron chi connectivity index (χ1n) is 51.0. The summed E-state index contributed by atoms with van der Waals surface area (Å²) in [7, 11) is 0. The lowest BCUT2D eigenvalue weighted by atomic mass is 9.82. The fraction of sp³-hybridized carbons (Fsp3) is 0.0423. The zero-order chi connectivity index (χ0) is 98.7. The summed E-state index contributed by atoms with van der Waals surface area (Å²) in [4.78, 5) is 7.21. The van der Waals surface area contributed by atoms with E-state index in [2.05, 4.69) is 552 Å². The third-order valence-corrected chi connectivity index (χ3v) is 30.7. The van der Waals surface area contributed by atoms with Gasteiger partial charge in [-0.2, -0.15) is 0 Å². The molecule has 6 nitrogen and oxygen atoms in total. The molecule has 0 aliphatic heterocycles. The van der Waals surface area contributed by atoms with Crippen LogP contribution >= 0.6 is 0 Å². The van der Waals surface area contributed by atoms with Crippen molar-refractivity contribution in [1.29, 1.82) is 0 Å². The number of para-hydroxylation sites is 5. The van der Waals surface area contributed by atoms with Crippen LogP contribution in [0.2, 0.25) is 0 Å². The van der Waals surface area contributed by atoms with E-state index >= 15 is 0 Å². The molecule has 0 radical (unpaired) electrons. The zero-order valence-electron chi connectivity index (χ0n) is 82.3. The van der Waals surface area contributed by atoms with E-state index in [0.29, 0.717) is 0 Å². The molecule has 0 saturated heterocycles. The van der Waals surface area contributed by atoms with Crippen LogP contribution in [-0.4, -0.2) is 0 Å². The summed E-state index contributed by atoms with van der Waals surface area (Å²) < 4.78 is 19.9. The van der Waals surface area contributed by atoms with Crippen LogP contribution in [-0.2, 0) is 10.8 Å². The maximum Gasteiger partial charge on any atom is 0.143 e. The molecule has 0 amide bonds. The molecule has 0 spiro atoms. The lowest BCUT2D eigenvalue weighted by Crippen LogP contribution is -2.17. The van der Waals surface area contributed by atoms with Crippen LogP contribution in [0.15, 0.2) is 541 Å². The van der Waals surface area contributed by atoms with Crippen molar-refractivity contribution in [3.05, 3.63) is 550 Å². The number of furan rings is 3. The van der Waals surface area contributed by atoms with Crippen LogP contribution < -0.4 is 14.7 Å². The highest BCUT2D eigenvalue weighted by atomic mass is 16.3. The minimum absolute atomic E-state index is 0.0920. The predicted octanol–water partition coefficient (Wildman–Crippen LogP) is 40.4. The summed E-state index contributed by atoms with van der Waals surface area (Å²) in [5.41, 5.74) is 39.5. The molecule has 3 heterocycles. The third-order valence-electron chi connectivity index (χ3n) is 30.7. The Morgan fingerprint density at radius 2 is 0.426 bits per heavy atom. The smallest absolute Gasteiger partial charge is 0.143 e. The molecule has 0 atom stereocenters. The summed E-state index contributed by atoms with van der Waals surface area (Å²) in [6, 6.07) is 190. The van der Waals surface area contributed by atoms with Crippen LogP contribution in [0.25, 0.3) is 198 Å². The summed E-state index contributed by atoms with van der Waals surface area (Å²) in [5, 5.41) is 16.4. The first-order chi connectivity index (χ1) is 72.8. The maximum atomic E-state index is 6.69. The number of benzene rings is 24. The van der Waals surface area contributed by atoms with Crippen LogP contribution in [0.3, 0.4) is 0 Å². The molecule has 3 aromatic heterocycles. The summed E-state index contributed by atoms with van der Waals surface area (Å²) in [6.07, 6.45) is 0. The van der Waals surface area contributed by atoms with E-state index < -0.39 is 0 Å². The lowest BCUT2D eigenvalue weighted by Gasteiger charge is -2.30. The van der Waals surface area contributed by atoms with E-state index in [0.717, 1.165) is 150 Å². The van der Waals surface area contributed by atoms with Crippen LogP contribution in [0.1, 0.15) is 49.9 Å². The number of fused-ring (bicyclic) bond motifs is 19. The fourth-order valence-electron chi connectivity index (χ4n) is 23.2. The van der Waals surface area contributed by atoms with Crippen molar-refractivity contribution < 1.29 is 13.3 Å². The topological polar surface area (TPSA) is 49.1 Å². The van der Waals surface area contributed by atoms with Gasteiger partial charge in [0.25, 0.3) is 0 Å². The highest BCUT2D eigenvalue weighted by Gasteiger charge is 2.39. The number of hydrogen-bond donors (Lipinski definition) is 0. The van der Waals surface area contributed by atoms with Gasteiger partial charge in [-0.05, 0) is 278 Å². The summed E-state index contributed by atoms with van der Waals surface area (Å²) in [6.45, 7) is 9.39. The van der Waals surface area contributed by atoms with Gasteiger partial charge < -0.3 is 28.0 Å². The Kier molecular flexibility index (Phi) is 21.5. The summed E-state index contributed by atoms with van der Waals surface area (Å²) in [5.74, 6) is 0. The Morgan fingerprint density at radius 3 is 0.845 bits per heavy atom. The molecule has 27 aromatic rings. The van der Waals surface area contributed by atoms with E-state index in [4.69, 9.17) is 13.3 Å². The van der Waals surface area contributed by atoms with Gasteiger partial charge in [0, 0.05) is 111 Å². The predicted molar refractivity (Wildman–Crippen MR) is 623 cm³/mol. The Morgan fingerprint density at radius 1 is 0.149 bits per heavy atom. The Labute approximate surface area is 859 Å². The second-order valence-electron chi connectivity index (χ2n) is 40.1. The van der Waals surface area contributed by atoms with Crippen LogP contribution in [0.4, 0.5) is 51.2 Å². The molecule has 0 bridgehead atoms. The zero-order valence-corrected chi connectivity index (χ0v) is 82.3. The monoisotopic (exact) mass is 1890 g/mol. The van der Waals surface area contributed by atoms with Gasteiger partial charge in [0.15, 0.2) is 0 Å². The van der Waals surface area contributed by atoms with Crippen molar-refractivity contribution in [2.45, 2.75) is 38.5 Å². The van der Waals surface area contributed by atoms with Gasteiger partial charge in [0.1, 0.15) is 33.5 Å². The lowest BCUT2D eigenvalue weighted by molar-refractivity contribution is 0.660. The van der Waals surface area contributed by atoms with Gasteiger partial charge in [0.05, 0.1) is 5.69 Å². The Bertz CT molecular complexity index is 9880. The molecule has 148 heavy (non-hydrogen) atoms. The van der Waals surface area contributed by atoms with E-state index in [-0.39, 0.29) is 10.8 Å². The van der Waals surface area contributed by atoms with Crippen LogP contribution in [0, 0.1) is 0 Å². The quantitative estimate of drug-likeness (QED) is 0.102. The van der Waals surface area contributed by atoms with E-state index in [1.165, 1.54) is 121 Å². The first kappa shape index (κ1) is 88.1. The standard InChI is InChI=1S/C50H33NO.C49H35NO.C43H31NO/c1-2-10-34(11-3-1)37-22-26-43(27-23-37)51(44-28-24-38(25-29-44)41-20-18-35-12-4-6-14-39(35)30-41)45-32-47(42-21-19-36-13-5-7-15-40(36)31-42)50-48(33-45)46-16-8-9-17-49(46)52-50;1-49(2)44-21-11-8-19-39(44)40-27-26-36(31-45(40)49)50(46-22-12-9-18-38(46)33-15-4-3-5-16-33)37-29-42(35-25-24-32-14-6-7-17-34(32)28-35)48-43(30-37)41-20-10-13-23-47(41)51-48;1-43(2)39-18-10-8-16-34(39)35-23-22-32(27-40(35)43)44(31-14-4-3-5-15-31)33-25-37(30-21-20-28-12-6-7-13-29(28)24-30)42-38(26-33)36-17-9-11-19-41(36)45-42/h1-33H;3-31H,1-2H3;3-27H,1-2H3. The molecule has 0 saturated carbocycles. The highest BCUT2D eigenvalue weighted by molar-refractivity contribution is 6.16. The second-order valence-corrected chi connectivity index (χ2v) is 40.1. The van der Waals surface area contributed by atoms with E-state index in [1.807, 2.05) is 18.2 Å².